The van der Waals surface area contributed by atoms with Crippen molar-refractivity contribution >= 4 is 0 Å². The smallest absolute Gasteiger partial charge is 0.0465 e. The largest absolute Gasteiger partial charge is 0.396 e. The van der Waals surface area contributed by atoms with Gasteiger partial charge in [-0.1, -0.05) is 36.8 Å². The van der Waals surface area contributed by atoms with E-state index >= 15 is 0 Å². The van der Waals surface area contributed by atoms with Gasteiger partial charge in [-0.25, -0.2) is 0 Å². The fourth-order valence-electron chi connectivity index (χ4n) is 2.39. The van der Waals surface area contributed by atoms with E-state index in [1.807, 2.05) is 6.07 Å². The Balaban J connectivity index is 2.16. The lowest BCUT2D eigenvalue weighted by atomic mass is 9.90. The van der Waals surface area contributed by atoms with Gasteiger partial charge in [0.25, 0.3) is 0 Å². The van der Waals surface area contributed by atoms with Crippen molar-refractivity contribution in [2.24, 2.45) is 5.92 Å². The molecule has 1 saturated carbocycles. The molecule has 0 saturated heterocycles. The van der Waals surface area contributed by atoms with Crippen LogP contribution in [0.2, 0.25) is 0 Å². The van der Waals surface area contributed by atoms with E-state index in [4.69, 9.17) is 0 Å². The van der Waals surface area contributed by atoms with Crippen LogP contribution in [0.1, 0.15) is 30.7 Å². The van der Waals surface area contributed by atoms with Crippen molar-refractivity contribution in [3.8, 4) is 0 Å². The first-order valence-electron chi connectivity index (χ1n) is 5.07. The Labute approximate surface area is 79.4 Å². The zero-order valence-electron chi connectivity index (χ0n) is 7.82. The maximum Gasteiger partial charge on any atom is 0.0465 e. The van der Waals surface area contributed by atoms with Crippen molar-refractivity contribution in [3.63, 3.8) is 0 Å². The van der Waals surface area contributed by atoms with Crippen LogP contribution in [0.5, 0.6) is 0 Å². The third-order valence-corrected chi connectivity index (χ3v) is 3.12. The van der Waals surface area contributed by atoms with Gasteiger partial charge in [-0.2, -0.15) is 0 Å². The Morgan fingerprint density at radius 3 is 2.62 bits per heavy atom. The van der Waals surface area contributed by atoms with E-state index in [9.17, 15) is 5.11 Å². The summed E-state index contributed by atoms with van der Waals surface area (Å²) in [7, 11) is 0. The molecule has 0 heterocycles. The Bertz CT molecular complexity index is 255. The molecule has 0 amide bonds. The number of hydrogen-bond donors (Lipinski definition) is 1. The number of benzene rings is 1. The molecule has 0 unspecified atom stereocenters. The SMILES string of the molecule is OC[C@H]1CCC[C@@H]1c1ccccc1. The fraction of sp³-hybridized carbons (Fsp3) is 0.500. The molecular weight excluding hydrogens is 160 g/mol. The molecule has 0 spiro atoms. The van der Waals surface area contributed by atoms with Crippen LogP contribution in [0, 0.1) is 5.92 Å². The quantitative estimate of drug-likeness (QED) is 0.734. The highest BCUT2D eigenvalue weighted by Gasteiger charge is 2.27. The Kier molecular flexibility index (Phi) is 2.65. The Morgan fingerprint density at radius 1 is 1.15 bits per heavy atom. The summed E-state index contributed by atoms with van der Waals surface area (Å²) in [6, 6.07) is 10.6. The summed E-state index contributed by atoms with van der Waals surface area (Å²) >= 11 is 0. The average molecular weight is 176 g/mol. The summed E-state index contributed by atoms with van der Waals surface area (Å²) < 4.78 is 0. The first-order chi connectivity index (χ1) is 6.42. The predicted molar refractivity (Wildman–Crippen MR) is 53.6 cm³/mol. The maximum atomic E-state index is 9.20. The molecule has 1 aliphatic carbocycles. The topological polar surface area (TPSA) is 20.2 Å². The molecule has 70 valence electrons. The van der Waals surface area contributed by atoms with Gasteiger partial charge in [0.15, 0.2) is 0 Å². The standard InChI is InChI=1S/C12H16O/c13-9-11-7-4-8-12(11)10-5-2-1-3-6-10/h1-3,5-6,11-13H,4,7-9H2/t11-,12-/m1/s1. The van der Waals surface area contributed by atoms with Crippen LogP contribution >= 0.6 is 0 Å². The third kappa shape index (κ3) is 1.75. The third-order valence-electron chi connectivity index (χ3n) is 3.12. The molecule has 1 aromatic carbocycles. The van der Waals surface area contributed by atoms with Gasteiger partial charge in [0.05, 0.1) is 0 Å². The van der Waals surface area contributed by atoms with Crippen molar-refractivity contribution in [2.45, 2.75) is 25.2 Å². The van der Waals surface area contributed by atoms with E-state index in [2.05, 4.69) is 24.3 Å². The molecular formula is C12H16O. The van der Waals surface area contributed by atoms with Crippen LogP contribution < -0.4 is 0 Å². The number of aliphatic hydroxyl groups excluding tert-OH is 1. The second kappa shape index (κ2) is 3.93. The van der Waals surface area contributed by atoms with E-state index in [-0.39, 0.29) is 0 Å². The predicted octanol–water partition coefficient (Wildman–Crippen LogP) is 2.56. The highest BCUT2D eigenvalue weighted by atomic mass is 16.3. The first-order valence-corrected chi connectivity index (χ1v) is 5.07. The molecule has 1 fully saturated rings. The summed E-state index contributed by atoms with van der Waals surface area (Å²) in [5.74, 6) is 1.11. The molecule has 2 rings (SSSR count). The molecule has 0 radical (unpaired) electrons. The number of rotatable bonds is 2. The molecule has 0 bridgehead atoms. The summed E-state index contributed by atoms with van der Waals surface area (Å²) in [6.45, 7) is 0.347. The van der Waals surface area contributed by atoms with E-state index in [1.54, 1.807) is 0 Å². The van der Waals surface area contributed by atoms with Gasteiger partial charge in [0.2, 0.25) is 0 Å². The second-order valence-corrected chi connectivity index (χ2v) is 3.89. The van der Waals surface area contributed by atoms with Crippen LogP contribution in [0.15, 0.2) is 30.3 Å². The summed E-state index contributed by atoms with van der Waals surface area (Å²) in [4.78, 5) is 0. The van der Waals surface area contributed by atoms with Crippen LogP contribution in [0.25, 0.3) is 0 Å². The lowest BCUT2D eigenvalue weighted by Crippen LogP contribution is -2.10. The number of aliphatic hydroxyl groups is 1. The van der Waals surface area contributed by atoms with Gasteiger partial charge in [-0.05, 0) is 30.2 Å². The Hall–Kier alpha value is -0.820. The minimum Gasteiger partial charge on any atom is -0.396 e. The summed E-state index contributed by atoms with van der Waals surface area (Å²) in [5.41, 5.74) is 1.40. The number of hydrogen-bond acceptors (Lipinski definition) is 1. The highest BCUT2D eigenvalue weighted by Crippen LogP contribution is 2.38. The van der Waals surface area contributed by atoms with Gasteiger partial charge in [-0.15, -0.1) is 0 Å². The molecule has 0 aromatic heterocycles. The zero-order chi connectivity index (χ0) is 9.10. The molecule has 1 N–H and O–H groups in total. The van der Waals surface area contributed by atoms with Crippen LogP contribution in [0.4, 0.5) is 0 Å². The molecule has 2 atom stereocenters. The van der Waals surface area contributed by atoms with E-state index in [1.165, 1.54) is 24.8 Å². The maximum absolute atomic E-state index is 9.20. The van der Waals surface area contributed by atoms with Crippen molar-refractivity contribution in [2.75, 3.05) is 6.61 Å². The summed E-state index contributed by atoms with van der Waals surface area (Å²) in [6.07, 6.45) is 3.70. The van der Waals surface area contributed by atoms with Gasteiger partial charge in [-0.3, -0.25) is 0 Å². The molecule has 1 aliphatic rings. The molecule has 13 heavy (non-hydrogen) atoms. The zero-order valence-corrected chi connectivity index (χ0v) is 7.82. The second-order valence-electron chi connectivity index (χ2n) is 3.89. The molecule has 1 heteroatoms. The van der Waals surface area contributed by atoms with Gasteiger partial charge < -0.3 is 5.11 Å². The first kappa shape index (κ1) is 8.76. The minimum absolute atomic E-state index is 0.347. The van der Waals surface area contributed by atoms with Crippen LogP contribution in [0.3, 0.4) is 0 Å². The lowest BCUT2D eigenvalue weighted by Gasteiger charge is -2.17. The van der Waals surface area contributed by atoms with E-state index in [0.717, 1.165) is 0 Å². The lowest BCUT2D eigenvalue weighted by molar-refractivity contribution is 0.217. The van der Waals surface area contributed by atoms with Crippen molar-refractivity contribution < 1.29 is 5.11 Å². The minimum atomic E-state index is 0.347. The monoisotopic (exact) mass is 176 g/mol. The summed E-state index contributed by atoms with van der Waals surface area (Å²) in [5, 5.41) is 9.20. The highest BCUT2D eigenvalue weighted by molar-refractivity contribution is 5.21. The van der Waals surface area contributed by atoms with Crippen molar-refractivity contribution in [1.29, 1.82) is 0 Å². The fourth-order valence-corrected chi connectivity index (χ4v) is 2.39. The van der Waals surface area contributed by atoms with Gasteiger partial charge in [0.1, 0.15) is 0 Å². The van der Waals surface area contributed by atoms with Crippen LogP contribution in [-0.4, -0.2) is 11.7 Å². The van der Waals surface area contributed by atoms with Crippen molar-refractivity contribution in [3.05, 3.63) is 35.9 Å². The molecule has 1 nitrogen and oxygen atoms in total. The molecule has 1 aromatic rings. The average Bonchev–Trinajstić information content (AvgIpc) is 2.67. The van der Waals surface area contributed by atoms with Gasteiger partial charge in [0, 0.05) is 6.61 Å². The van der Waals surface area contributed by atoms with E-state index < -0.39 is 0 Å². The van der Waals surface area contributed by atoms with Gasteiger partial charge >= 0.3 is 0 Å². The van der Waals surface area contributed by atoms with E-state index in [0.29, 0.717) is 18.4 Å². The van der Waals surface area contributed by atoms with Crippen LogP contribution in [-0.2, 0) is 0 Å². The Morgan fingerprint density at radius 2 is 1.92 bits per heavy atom. The normalized spacial score (nSPS) is 27.8. The molecule has 0 aliphatic heterocycles. The van der Waals surface area contributed by atoms with Crippen molar-refractivity contribution in [1.82, 2.24) is 0 Å².